The highest BCUT2D eigenvalue weighted by Gasteiger charge is 2.34. The van der Waals surface area contributed by atoms with Crippen LogP contribution in [0.4, 0.5) is 13.2 Å². The predicted octanol–water partition coefficient (Wildman–Crippen LogP) is 2.15. The number of rotatable bonds is 1. The molecule has 0 aliphatic heterocycles. The van der Waals surface area contributed by atoms with Crippen LogP contribution in [0.25, 0.3) is 0 Å². The predicted molar refractivity (Wildman–Crippen MR) is 39.9 cm³/mol. The molecule has 0 unspecified atom stereocenters. The summed E-state index contributed by atoms with van der Waals surface area (Å²) in [7, 11) is 0. The van der Waals surface area contributed by atoms with Crippen LogP contribution >= 0.6 is 0 Å². The van der Waals surface area contributed by atoms with Gasteiger partial charge in [-0.1, -0.05) is 0 Å². The molecule has 1 atom stereocenters. The first kappa shape index (κ1) is 9.98. The maximum Gasteiger partial charge on any atom is 0.416 e. The van der Waals surface area contributed by atoms with Crippen LogP contribution in [-0.4, -0.2) is 10.1 Å². The molecule has 2 nitrogen and oxygen atoms in total. The zero-order valence-electron chi connectivity index (χ0n) is 6.84. The number of hydrogen-bond acceptors (Lipinski definition) is 2. The Morgan fingerprint density at radius 3 is 2.46 bits per heavy atom. The van der Waals surface area contributed by atoms with Crippen molar-refractivity contribution in [2.45, 2.75) is 19.2 Å². The van der Waals surface area contributed by atoms with Crippen molar-refractivity contribution >= 4 is 0 Å². The second kappa shape index (κ2) is 3.33. The second-order valence-electron chi connectivity index (χ2n) is 2.64. The van der Waals surface area contributed by atoms with Crippen LogP contribution in [0, 0.1) is 0 Å². The van der Waals surface area contributed by atoms with Crippen LogP contribution in [-0.2, 0) is 6.18 Å². The lowest BCUT2D eigenvalue weighted by Crippen LogP contribution is -2.11. The van der Waals surface area contributed by atoms with Crippen molar-refractivity contribution in [3.05, 3.63) is 29.6 Å². The number of hydrogen-bond donors (Lipinski definition) is 1. The molecule has 0 saturated carbocycles. The van der Waals surface area contributed by atoms with Crippen LogP contribution in [0.1, 0.15) is 24.2 Å². The highest BCUT2D eigenvalue weighted by atomic mass is 19.4. The number of nitrogens with zero attached hydrogens (tertiary/aromatic N) is 1. The molecule has 0 radical (unpaired) electrons. The van der Waals surface area contributed by atoms with Gasteiger partial charge >= 0.3 is 6.18 Å². The van der Waals surface area contributed by atoms with E-state index in [0.29, 0.717) is 0 Å². The fourth-order valence-electron chi connectivity index (χ4n) is 0.998. The number of pyridine rings is 1. The molecule has 0 spiro atoms. The van der Waals surface area contributed by atoms with Gasteiger partial charge in [-0.3, -0.25) is 4.98 Å². The van der Waals surface area contributed by atoms with Gasteiger partial charge in [0.1, 0.15) is 0 Å². The summed E-state index contributed by atoms with van der Waals surface area (Å²) in [4.78, 5) is 3.52. The van der Waals surface area contributed by atoms with Gasteiger partial charge in [0.15, 0.2) is 0 Å². The first-order valence-electron chi connectivity index (χ1n) is 3.62. The molecule has 0 bridgehead atoms. The van der Waals surface area contributed by atoms with Gasteiger partial charge in [0.05, 0.1) is 11.7 Å². The topological polar surface area (TPSA) is 33.1 Å². The van der Waals surface area contributed by atoms with Gasteiger partial charge in [0.25, 0.3) is 0 Å². The Kier molecular flexibility index (Phi) is 2.56. The average Bonchev–Trinajstić information content (AvgIpc) is 2.03. The standard InChI is InChI=1S/C8H8F3NO/c1-5(13)6-4-12-3-2-7(6)8(9,10)11/h2-5,13H,1H3/t5-/m0/s1. The summed E-state index contributed by atoms with van der Waals surface area (Å²) in [6.07, 6.45) is -3.53. The molecule has 13 heavy (non-hydrogen) atoms. The molecule has 0 fully saturated rings. The molecule has 0 saturated heterocycles. The van der Waals surface area contributed by atoms with Gasteiger partial charge < -0.3 is 5.11 Å². The second-order valence-corrected chi connectivity index (χ2v) is 2.64. The monoisotopic (exact) mass is 191 g/mol. The normalized spacial score (nSPS) is 14.2. The number of aromatic nitrogens is 1. The summed E-state index contributed by atoms with van der Waals surface area (Å²) in [6, 6.07) is 0.849. The van der Waals surface area contributed by atoms with Gasteiger partial charge in [-0.2, -0.15) is 13.2 Å². The third kappa shape index (κ3) is 2.18. The molecule has 0 aliphatic rings. The van der Waals surface area contributed by atoms with E-state index in [1.54, 1.807) is 0 Å². The van der Waals surface area contributed by atoms with Crippen LogP contribution in [0.3, 0.4) is 0 Å². The van der Waals surface area contributed by atoms with Gasteiger partial charge in [-0.05, 0) is 13.0 Å². The van der Waals surface area contributed by atoms with Crippen molar-refractivity contribution in [2.24, 2.45) is 0 Å². The molecule has 1 aromatic rings. The van der Waals surface area contributed by atoms with Crippen molar-refractivity contribution in [3.63, 3.8) is 0 Å². The fourth-order valence-corrected chi connectivity index (χ4v) is 0.998. The van der Waals surface area contributed by atoms with Gasteiger partial charge in [-0.15, -0.1) is 0 Å². The molecule has 0 amide bonds. The lowest BCUT2D eigenvalue weighted by Gasteiger charge is -2.13. The van der Waals surface area contributed by atoms with Crippen molar-refractivity contribution in [2.75, 3.05) is 0 Å². The first-order chi connectivity index (χ1) is 5.93. The fraction of sp³-hybridized carbons (Fsp3) is 0.375. The lowest BCUT2D eigenvalue weighted by molar-refractivity contribution is -0.139. The van der Waals surface area contributed by atoms with E-state index in [1.165, 1.54) is 6.92 Å². The summed E-state index contributed by atoms with van der Waals surface area (Å²) in [6.45, 7) is 1.27. The van der Waals surface area contributed by atoms with E-state index in [9.17, 15) is 13.2 Å². The summed E-state index contributed by atoms with van der Waals surface area (Å²) in [5.41, 5.74) is -1.03. The van der Waals surface area contributed by atoms with Crippen molar-refractivity contribution in [1.29, 1.82) is 0 Å². The summed E-state index contributed by atoms with van der Waals surface area (Å²) < 4.78 is 36.8. The highest BCUT2D eigenvalue weighted by Crippen LogP contribution is 2.33. The van der Waals surface area contributed by atoms with E-state index in [4.69, 9.17) is 5.11 Å². The van der Waals surface area contributed by atoms with E-state index in [-0.39, 0.29) is 5.56 Å². The molecule has 0 aliphatic carbocycles. The van der Waals surface area contributed by atoms with Crippen LogP contribution < -0.4 is 0 Å². The minimum atomic E-state index is -4.44. The van der Waals surface area contributed by atoms with Crippen LogP contribution in [0.5, 0.6) is 0 Å². The highest BCUT2D eigenvalue weighted by molar-refractivity contribution is 5.27. The van der Waals surface area contributed by atoms with E-state index in [2.05, 4.69) is 4.98 Å². The van der Waals surface area contributed by atoms with E-state index in [0.717, 1.165) is 18.5 Å². The Balaban J connectivity index is 3.20. The Labute approximate surface area is 73.0 Å². The Morgan fingerprint density at radius 1 is 1.46 bits per heavy atom. The van der Waals surface area contributed by atoms with Gasteiger partial charge in [0, 0.05) is 18.0 Å². The molecule has 0 aromatic carbocycles. The molecular formula is C8H8F3NO. The minimum absolute atomic E-state index is 0.199. The minimum Gasteiger partial charge on any atom is -0.389 e. The average molecular weight is 191 g/mol. The van der Waals surface area contributed by atoms with Crippen molar-refractivity contribution in [1.82, 2.24) is 4.98 Å². The van der Waals surface area contributed by atoms with Crippen molar-refractivity contribution in [3.8, 4) is 0 Å². The van der Waals surface area contributed by atoms with Crippen LogP contribution in [0.2, 0.25) is 0 Å². The Morgan fingerprint density at radius 2 is 2.08 bits per heavy atom. The number of aliphatic hydroxyl groups excluding tert-OH is 1. The van der Waals surface area contributed by atoms with Gasteiger partial charge in [-0.25, -0.2) is 0 Å². The molecule has 1 aromatic heterocycles. The van der Waals surface area contributed by atoms with E-state index in [1.807, 2.05) is 0 Å². The zero-order valence-corrected chi connectivity index (χ0v) is 6.84. The molecular weight excluding hydrogens is 183 g/mol. The smallest absolute Gasteiger partial charge is 0.389 e. The maximum atomic E-state index is 12.3. The van der Waals surface area contributed by atoms with Gasteiger partial charge in [0.2, 0.25) is 0 Å². The van der Waals surface area contributed by atoms with Crippen molar-refractivity contribution < 1.29 is 18.3 Å². The zero-order chi connectivity index (χ0) is 10.1. The Hall–Kier alpha value is -1.10. The van der Waals surface area contributed by atoms with E-state index >= 15 is 0 Å². The number of alkyl halides is 3. The lowest BCUT2D eigenvalue weighted by atomic mass is 10.1. The summed E-state index contributed by atoms with van der Waals surface area (Å²) in [5.74, 6) is 0. The third-order valence-corrected chi connectivity index (χ3v) is 1.61. The molecule has 72 valence electrons. The summed E-state index contributed by atoms with van der Waals surface area (Å²) in [5, 5.41) is 9.03. The molecule has 1 heterocycles. The SMILES string of the molecule is C[C@H](O)c1cnccc1C(F)(F)F. The summed E-state index contributed by atoms with van der Waals surface area (Å²) >= 11 is 0. The van der Waals surface area contributed by atoms with E-state index < -0.39 is 17.8 Å². The first-order valence-corrected chi connectivity index (χ1v) is 3.62. The molecule has 1 N–H and O–H groups in total. The number of aliphatic hydroxyl groups is 1. The quantitative estimate of drug-likeness (QED) is 0.737. The molecule has 5 heteroatoms. The molecule has 1 rings (SSSR count). The Bertz CT molecular complexity index is 296. The largest absolute Gasteiger partial charge is 0.416 e. The third-order valence-electron chi connectivity index (χ3n) is 1.61. The maximum absolute atomic E-state index is 12.3. The van der Waals surface area contributed by atoms with Crippen LogP contribution in [0.15, 0.2) is 18.5 Å². The number of halogens is 3.